The Balaban J connectivity index is 1.64. The maximum atomic E-state index is 12.1. The van der Waals surface area contributed by atoms with Gasteiger partial charge in [0.25, 0.3) is 5.91 Å². The third-order valence-electron chi connectivity index (χ3n) is 4.36. The predicted molar refractivity (Wildman–Crippen MR) is 92.3 cm³/mol. The minimum Gasteiger partial charge on any atom is -0.467 e. The molecule has 1 aromatic heterocycles. The van der Waals surface area contributed by atoms with Crippen LogP contribution in [0.1, 0.15) is 32.6 Å². The molecule has 1 saturated carbocycles. The van der Waals surface area contributed by atoms with Gasteiger partial charge in [-0.1, -0.05) is 35.7 Å². The second kappa shape index (κ2) is 7.25. The lowest BCUT2D eigenvalue weighted by Gasteiger charge is -2.29. The Morgan fingerprint density at radius 2 is 2.17 bits per heavy atom. The van der Waals surface area contributed by atoms with Gasteiger partial charge in [-0.2, -0.15) is 0 Å². The molecule has 5 nitrogen and oxygen atoms in total. The number of hydrogen-bond acceptors (Lipinski definition) is 4. The molecule has 1 heterocycles. The van der Waals surface area contributed by atoms with Crippen molar-refractivity contribution in [1.82, 2.24) is 15.3 Å². The molecular formula is C17H20BrN3O2. The number of ether oxygens (including phenoxy) is 1. The Kier molecular flexibility index (Phi) is 5.10. The van der Waals surface area contributed by atoms with Crippen molar-refractivity contribution in [2.75, 3.05) is 6.61 Å². The first-order chi connectivity index (χ1) is 11.1. The molecule has 1 aliphatic rings. The summed E-state index contributed by atoms with van der Waals surface area (Å²) >= 11 is 3.43. The molecule has 0 unspecified atom stereocenters. The third kappa shape index (κ3) is 3.99. The molecule has 0 aliphatic heterocycles. The number of aromatic nitrogens is 2. The van der Waals surface area contributed by atoms with Crippen LogP contribution in [0.3, 0.4) is 0 Å². The Morgan fingerprint density at radius 1 is 1.35 bits per heavy atom. The van der Waals surface area contributed by atoms with Gasteiger partial charge in [0.1, 0.15) is 6.33 Å². The number of hydrogen-bond donors (Lipinski definition) is 1. The standard InChI is InChI=1S/C17H20BrN3O2/c1-11-4-2-3-5-14(11)21-16(22)9-23-17-13-8-12(18)6-7-15(13)19-10-20-17/h6-8,10-11,14H,2-5,9H2,1H3,(H,21,22)/t11-,14-/m0/s1. The Bertz CT molecular complexity index is 707. The number of carbonyl (C=O) groups excluding carboxylic acids is 1. The molecule has 3 rings (SSSR count). The van der Waals surface area contributed by atoms with Crippen LogP contribution >= 0.6 is 15.9 Å². The maximum Gasteiger partial charge on any atom is 0.258 e. The fraction of sp³-hybridized carbons (Fsp3) is 0.471. The van der Waals surface area contributed by atoms with Crippen molar-refractivity contribution in [3.8, 4) is 5.88 Å². The molecule has 1 aliphatic carbocycles. The summed E-state index contributed by atoms with van der Waals surface area (Å²) in [6, 6.07) is 5.95. The minimum atomic E-state index is -0.0921. The van der Waals surface area contributed by atoms with Gasteiger partial charge in [-0.25, -0.2) is 9.97 Å². The Hall–Kier alpha value is -1.69. The fourth-order valence-corrected chi connectivity index (χ4v) is 3.39. The molecule has 2 atom stereocenters. The van der Waals surface area contributed by atoms with Crippen LogP contribution in [0.15, 0.2) is 29.0 Å². The predicted octanol–water partition coefficient (Wildman–Crippen LogP) is 3.47. The lowest BCUT2D eigenvalue weighted by atomic mass is 9.86. The molecule has 1 N–H and O–H groups in total. The number of nitrogens with one attached hydrogen (secondary N) is 1. The van der Waals surface area contributed by atoms with E-state index in [1.54, 1.807) is 0 Å². The second-order valence-electron chi connectivity index (χ2n) is 6.06. The van der Waals surface area contributed by atoms with Crippen molar-refractivity contribution >= 4 is 32.7 Å². The summed E-state index contributed by atoms with van der Waals surface area (Å²) < 4.78 is 6.55. The van der Waals surface area contributed by atoms with E-state index in [1.807, 2.05) is 18.2 Å². The molecule has 122 valence electrons. The number of halogens is 1. The number of nitrogens with zero attached hydrogens (tertiary/aromatic N) is 2. The van der Waals surface area contributed by atoms with Gasteiger partial charge in [0.2, 0.25) is 5.88 Å². The SMILES string of the molecule is C[C@H]1CCCC[C@@H]1NC(=O)COc1ncnc2ccc(Br)cc12. The summed E-state index contributed by atoms with van der Waals surface area (Å²) in [6.07, 6.45) is 6.12. The van der Waals surface area contributed by atoms with Crippen LogP contribution in [-0.2, 0) is 4.79 Å². The van der Waals surface area contributed by atoms with E-state index in [2.05, 4.69) is 38.1 Å². The molecule has 0 spiro atoms. The number of carbonyl (C=O) groups is 1. The summed E-state index contributed by atoms with van der Waals surface area (Å²) in [5, 5.41) is 3.87. The highest BCUT2D eigenvalue weighted by atomic mass is 79.9. The van der Waals surface area contributed by atoms with Gasteiger partial charge < -0.3 is 10.1 Å². The normalized spacial score (nSPS) is 21.1. The molecule has 23 heavy (non-hydrogen) atoms. The molecule has 0 radical (unpaired) electrons. The highest BCUT2D eigenvalue weighted by Crippen LogP contribution is 2.25. The second-order valence-corrected chi connectivity index (χ2v) is 6.98. The molecule has 1 amide bonds. The van der Waals surface area contributed by atoms with Gasteiger partial charge in [0, 0.05) is 10.5 Å². The molecule has 1 fully saturated rings. The molecule has 6 heteroatoms. The van der Waals surface area contributed by atoms with Crippen LogP contribution in [-0.4, -0.2) is 28.5 Å². The van der Waals surface area contributed by atoms with Gasteiger partial charge in [-0.3, -0.25) is 4.79 Å². The number of fused-ring (bicyclic) bond motifs is 1. The summed E-state index contributed by atoms with van der Waals surface area (Å²) in [7, 11) is 0. The van der Waals surface area contributed by atoms with E-state index in [0.29, 0.717) is 11.8 Å². The minimum absolute atomic E-state index is 0.0259. The highest BCUT2D eigenvalue weighted by molar-refractivity contribution is 9.10. The summed E-state index contributed by atoms with van der Waals surface area (Å²) in [5.41, 5.74) is 0.791. The first-order valence-corrected chi connectivity index (χ1v) is 8.75. The van der Waals surface area contributed by atoms with Crippen molar-refractivity contribution < 1.29 is 9.53 Å². The highest BCUT2D eigenvalue weighted by Gasteiger charge is 2.23. The van der Waals surface area contributed by atoms with E-state index in [1.165, 1.54) is 25.6 Å². The molecule has 2 aromatic rings. The van der Waals surface area contributed by atoms with Crippen molar-refractivity contribution in [2.45, 2.75) is 38.6 Å². The van der Waals surface area contributed by atoms with E-state index < -0.39 is 0 Å². The Labute approximate surface area is 144 Å². The zero-order valence-electron chi connectivity index (χ0n) is 13.1. The van der Waals surface area contributed by atoms with E-state index >= 15 is 0 Å². The van der Waals surface area contributed by atoms with E-state index in [-0.39, 0.29) is 18.6 Å². The van der Waals surface area contributed by atoms with E-state index in [0.717, 1.165) is 21.8 Å². The Morgan fingerprint density at radius 3 is 3.00 bits per heavy atom. The fourth-order valence-electron chi connectivity index (χ4n) is 3.03. The maximum absolute atomic E-state index is 12.1. The smallest absolute Gasteiger partial charge is 0.258 e. The van der Waals surface area contributed by atoms with Crippen molar-refractivity contribution in [3.63, 3.8) is 0 Å². The molecule has 0 saturated heterocycles. The topological polar surface area (TPSA) is 64.1 Å². The van der Waals surface area contributed by atoms with Crippen LogP contribution in [0, 0.1) is 5.92 Å². The third-order valence-corrected chi connectivity index (χ3v) is 4.85. The molecular weight excluding hydrogens is 358 g/mol. The summed E-state index contributed by atoms with van der Waals surface area (Å²) in [6.45, 7) is 2.17. The number of amides is 1. The molecule has 0 bridgehead atoms. The monoisotopic (exact) mass is 377 g/mol. The van der Waals surface area contributed by atoms with Gasteiger partial charge >= 0.3 is 0 Å². The van der Waals surface area contributed by atoms with Gasteiger partial charge in [-0.15, -0.1) is 0 Å². The summed E-state index contributed by atoms with van der Waals surface area (Å²) in [5.74, 6) is 0.872. The van der Waals surface area contributed by atoms with Crippen molar-refractivity contribution in [3.05, 3.63) is 29.0 Å². The number of benzene rings is 1. The lowest BCUT2D eigenvalue weighted by molar-refractivity contribution is -0.124. The zero-order chi connectivity index (χ0) is 16.2. The van der Waals surface area contributed by atoms with Crippen molar-refractivity contribution in [2.24, 2.45) is 5.92 Å². The van der Waals surface area contributed by atoms with Crippen LogP contribution in [0.4, 0.5) is 0 Å². The lowest BCUT2D eigenvalue weighted by Crippen LogP contribution is -2.43. The largest absolute Gasteiger partial charge is 0.467 e. The average molecular weight is 378 g/mol. The van der Waals surface area contributed by atoms with Crippen LogP contribution in [0.5, 0.6) is 5.88 Å². The van der Waals surface area contributed by atoms with Crippen molar-refractivity contribution in [1.29, 1.82) is 0 Å². The van der Waals surface area contributed by atoms with E-state index in [9.17, 15) is 4.79 Å². The van der Waals surface area contributed by atoms with E-state index in [4.69, 9.17) is 4.74 Å². The van der Waals surface area contributed by atoms with Crippen LogP contribution < -0.4 is 10.1 Å². The first kappa shape index (κ1) is 16.2. The van der Waals surface area contributed by atoms with Crippen LogP contribution in [0.25, 0.3) is 10.9 Å². The van der Waals surface area contributed by atoms with Gasteiger partial charge in [0.05, 0.1) is 10.9 Å². The molecule has 1 aromatic carbocycles. The number of rotatable bonds is 4. The zero-order valence-corrected chi connectivity index (χ0v) is 14.7. The van der Waals surface area contributed by atoms with Gasteiger partial charge in [0.15, 0.2) is 6.61 Å². The van der Waals surface area contributed by atoms with Gasteiger partial charge in [-0.05, 0) is 37.0 Å². The quantitative estimate of drug-likeness (QED) is 0.885. The first-order valence-electron chi connectivity index (χ1n) is 7.96. The average Bonchev–Trinajstić information content (AvgIpc) is 2.55. The van der Waals surface area contributed by atoms with Crippen LogP contribution in [0.2, 0.25) is 0 Å². The summed E-state index contributed by atoms with van der Waals surface area (Å²) in [4.78, 5) is 20.5.